The lowest BCUT2D eigenvalue weighted by Crippen LogP contribution is -2.04. The van der Waals surface area contributed by atoms with E-state index in [0.717, 1.165) is 17.3 Å². The SMILES string of the molecule is CCc1c(SC)cccc1C(=O)CCBr. The summed E-state index contributed by atoms with van der Waals surface area (Å²) in [5.74, 6) is 0.236. The Kier molecular flexibility index (Phi) is 5.40. The number of rotatable bonds is 5. The third-order valence-corrected chi connectivity index (χ3v) is 3.55. The van der Waals surface area contributed by atoms with Gasteiger partial charge in [-0.05, 0) is 24.3 Å². The molecule has 0 amide bonds. The Morgan fingerprint density at radius 1 is 1.47 bits per heavy atom. The summed E-state index contributed by atoms with van der Waals surface area (Å²) in [6.45, 7) is 2.10. The quantitative estimate of drug-likeness (QED) is 0.463. The Bertz CT molecular complexity index is 349. The largest absolute Gasteiger partial charge is 0.294 e. The molecule has 0 atom stereocenters. The molecular formula is C12H15BrOS. The van der Waals surface area contributed by atoms with Gasteiger partial charge in [0.05, 0.1) is 0 Å². The second-order valence-corrected chi connectivity index (χ2v) is 4.84. The maximum atomic E-state index is 11.9. The fourth-order valence-corrected chi connectivity index (χ4v) is 2.68. The van der Waals surface area contributed by atoms with E-state index in [9.17, 15) is 4.79 Å². The van der Waals surface area contributed by atoms with Crippen LogP contribution < -0.4 is 0 Å². The van der Waals surface area contributed by atoms with Crippen LogP contribution in [-0.4, -0.2) is 17.4 Å². The highest BCUT2D eigenvalue weighted by Gasteiger charge is 2.12. The van der Waals surface area contributed by atoms with Gasteiger partial charge in [-0.15, -0.1) is 11.8 Å². The fourth-order valence-electron chi connectivity index (χ4n) is 1.60. The van der Waals surface area contributed by atoms with Crippen molar-refractivity contribution in [2.75, 3.05) is 11.6 Å². The Hall–Kier alpha value is -0.280. The van der Waals surface area contributed by atoms with Crippen LogP contribution in [0.15, 0.2) is 23.1 Å². The van der Waals surface area contributed by atoms with Crippen LogP contribution >= 0.6 is 27.7 Å². The van der Waals surface area contributed by atoms with Crippen LogP contribution in [0.3, 0.4) is 0 Å². The molecule has 0 saturated heterocycles. The summed E-state index contributed by atoms with van der Waals surface area (Å²) in [7, 11) is 0. The molecule has 0 aliphatic heterocycles. The molecule has 1 aromatic rings. The lowest BCUT2D eigenvalue weighted by molar-refractivity contribution is 0.0988. The van der Waals surface area contributed by atoms with Gasteiger partial charge in [0.15, 0.2) is 5.78 Å². The van der Waals surface area contributed by atoms with Crippen molar-refractivity contribution in [1.29, 1.82) is 0 Å². The van der Waals surface area contributed by atoms with E-state index in [0.29, 0.717) is 6.42 Å². The number of ketones is 1. The number of hydrogen-bond acceptors (Lipinski definition) is 2. The van der Waals surface area contributed by atoms with Crippen LogP contribution in [0, 0.1) is 0 Å². The number of Topliss-reactive ketones (excluding diaryl/α,β-unsaturated/α-hetero) is 1. The van der Waals surface area contributed by atoms with E-state index < -0.39 is 0 Å². The summed E-state index contributed by atoms with van der Waals surface area (Å²) in [5.41, 5.74) is 2.08. The minimum Gasteiger partial charge on any atom is -0.294 e. The van der Waals surface area contributed by atoms with Gasteiger partial charge in [-0.3, -0.25) is 4.79 Å². The van der Waals surface area contributed by atoms with Gasteiger partial charge in [0.1, 0.15) is 0 Å². The Morgan fingerprint density at radius 3 is 2.73 bits per heavy atom. The minimum absolute atomic E-state index is 0.236. The second kappa shape index (κ2) is 6.33. The highest BCUT2D eigenvalue weighted by atomic mass is 79.9. The van der Waals surface area contributed by atoms with Gasteiger partial charge in [0.2, 0.25) is 0 Å². The van der Waals surface area contributed by atoms with Crippen molar-refractivity contribution >= 4 is 33.5 Å². The average Bonchev–Trinajstić information content (AvgIpc) is 2.28. The molecule has 1 nitrogen and oxygen atoms in total. The lowest BCUT2D eigenvalue weighted by Gasteiger charge is -2.10. The van der Waals surface area contributed by atoms with Crippen molar-refractivity contribution in [3.63, 3.8) is 0 Å². The maximum absolute atomic E-state index is 11.9. The number of alkyl halides is 1. The van der Waals surface area contributed by atoms with Crippen molar-refractivity contribution in [2.24, 2.45) is 0 Å². The molecule has 0 spiro atoms. The van der Waals surface area contributed by atoms with Gasteiger partial charge in [-0.25, -0.2) is 0 Å². The first-order valence-corrected chi connectivity index (χ1v) is 7.34. The van der Waals surface area contributed by atoms with Gasteiger partial charge >= 0.3 is 0 Å². The predicted molar refractivity (Wildman–Crippen MR) is 70.3 cm³/mol. The second-order valence-electron chi connectivity index (χ2n) is 3.20. The third-order valence-electron chi connectivity index (χ3n) is 2.33. The molecule has 0 aromatic heterocycles. The van der Waals surface area contributed by atoms with Gasteiger partial charge in [0.25, 0.3) is 0 Å². The zero-order valence-electron chi connectivity index (χ0n) is 9.05. The molecule has 3 heteroatoms. The standard InChI is InChI=1S/C12H15BrOS/c1-3-9-10(11(14)7-8-13)5-4-6-12(9)15-2/h4-6H,3,7-8H2,1-2H3. The number of benzene rings is 1. The molecule has 1 rings (SSSR count). The van der Waals surface area contributed by atoms with Gasteiger partial charge in [0, 0.05) is 22.2 Å². The third kappa shape index (κ3) is 3.08. The zero-order chi connectivity index (χ0) is 11.3. The number of thioether (sulfide) groups is 1. The molecule has 0 heterocycles. The van der Waals surface area contributed by atoms with E-state index in [2.05, 4.69) is 28.9 Å². The number of halogens is 1. The Morgan fingerprint density at radius 2 is 2.20 bits per heavy atom. The first-order valence-electron chi connectivity index (χ1n) is 4.99. The van der Waals surface area contributed by atoms with Crippen molar-refractivity contribution in [1.82, 2.24) is 0 Å². The van der Waals surface area contributed by atoms with Crippen LogP contribution in [0.25, 0.3) is 0 Å². The van der Waals surface area contributed by atoms with E-state index in [1.165, 1.54) is 10.5 Å². The first kappa shape index (κ1) is 12.8. The molecule has 0 N–H and O–H groups in total. The predicted octanol–water partition coefficient (Wildman–Crippen LogP) is 3.94. The minimum atomic E-state index is 0.236. The summed E-state index contributed by atoms with van der Waals surface area (Å²) < 4.78 is 0. The van der Waals surface area contributed by atoms with E-state index in [-0.39, 0.29) is 5.78 Å². The summed E-state index contributed by atoms with van der Waals surface area (Å²) in [5, 5.41) is 0.735. The number of carbonyl (C=O) groups excluding carboxylic acids is 1. The molecular weight excluding hydrogens is 272 g/mol. The lowest BCUT2D eigenvalue weighted by atomic mass is 10.0. The van der Waals surface area contributed by atoms with Crippen molar-refractivity contribution in [2.45, 2.75) is 24.7 Å². The zero-order valence-corrected chi connectivity index (χ0v) is 11.5. The summed E-state index contributed by atoms with van der Waals surface area (Å²) in [4.78, 5) is 13.1. The topological polar surface area (TPSA) is 17.1 Å². The van der Waals surface area contributed by atoms with E-state index in [1.807, 2.05) is 18.4 Å². The first-order chi connectivity index (χ1) is 7.24. The monoisotopic (exact) mass is 286 g/mol. The Labute approximate surface area is 104 Å². The molecule has 0 fully saturated rings. The van der Waals surface area contributed by atoms with Gasteiger partial charge in [-0.2, -0.15) is 0 Å². The summed E-state index contributed by atoms with van der Waals surface area (Å²) in [6.07, 6.45) is 3.54. The van der Waals surface area contributed by atoms with Crippen LogP contribution in [0.1, 0.15) is 29.3 Å². The molecule has 1 aromatic carbocycles. The van der Waals surface area contributed by atoms with Crippen LogP contribution in [-0.2, 0) is 6.42 Å². The van der Waals surface area contributed by atoms with Crippen LogP contribution in [0.5, 0.6) is 0 Å². The van der Waals surface area contributed by atoms with Crippen LogP contribution in [0.4, 0.5) is 0 Å². The van der Waals surface area contributed by atoms with Crippen molar-refractivity contribution < 1.29 is 4.79 Å². The summed E-state index contributed by atoms with van der Waals surface area (Å²) in [6, 6.07) is 5.98. The summed E-state index contributed by atoms with van der Waals surface area (Å²) >= 11 is 5.01. The number of hydrogen-bond donors (Lipinski definition) is 0. The van der Waals surface area contributed by atoms with E-state index >= 15 is 0 Å². The molecule has 0 unspecified atom stereocenters. The van der Waals surface area contributed by atoms with Crippen LogP contribution in [0.2, 0.25) is 0 Å². The fraction of sp³-hybridized carbons (Fsp3) is 0.417. The highest BCUT2D eigenvalue weighted by molar-refractivity contribution is 9.09. The molecule has 0 aliphatic rings. The number of carbonyl (C=O) groups is 1. The van der Waals surface area contributed by atoms with Crippen molar-refractivity contribution in [3.8, 4) is 0 Å². The molecule has 0 saturated carbocycles. The van der Waals surface area contributed by atoms with Crippen molar-refractivity contribution in [3.05, 3.63) is 29.3 Å². The smallest absolute Gasteiger partial charge is 0.164 e. The van der Waals surface area contributed by atoms with Gasteiger partial charge < -0.3 is 0 Å². The molecule has 0 radical (unpaired) electrons. The van der Waals surface area contributed by atoms with Gasteiger partial charge in [-0.1, -0.05) is 35.0 Å². The van der Waals surface area contributed by atoms with E-state index in [1.54, 1.807) is 11.8 Å². The van der Waals surface area contributed by atoms with E-state index in [4.69, 9.17) is 0 Å². The molecule has 0 bridgehead atoms. The highest BCUT2D eigenvalue weighted by Crippen LogP contribution is 2.25. The molecule has 0 aliphatic carbocycles. The Balaban J connectivity index is 3.11. The average molecular weight is 287 g/mol. The molecule has 82 valence electrons. The normalized spacial score (nSPS) is 10.3. The maximum Gasteiger partial charge on any atom is 0.164 e. The molecule has 15 heavy (non-hydrogen) atoms.